The first-order chi connectivity index (χ1) is 10.8. The molecule has 0 spiro atoms. The molecule has 0 saturated carbocycles. The average Bonchev–Trinajstić information content (AvgIpc) is 2.87. The molecular weight excluding hydrogens is 272 g/mol. The molecule has 0 aliphatic carbocycles. The number of fused-ring (bicyclic) bond motifs is 1. The summed E-state index contributed by atoms with van der Waals surface area (Å²) in [7, 11) is 0. The molecule has 1 atom stereocenters. The number of amides is 1. The van der Waals surface area contributed by atoms with Gasteiger partial charge in [0.05, 0.1) is 11.4 Å². The SMILES string of the molecule is O=C1C[C@H]2CC(/C=C\c3ccccn3)=C(c3ccccc3)N12. The minimum Gasteiger partial charge on any atom is -0.308 e. The predicted molar refractivity (Wildman–Crippen MR) is 86.5 cm³/mol. The highest BCUT2D eigenvalue weighted by molar-refractivity contribution is 5.96. The molecule has 3 nitrogen and oxygen atoms in total. The zero-order chi connectivity index (χ0) is 14.9. The van der Waals surface area contributed by atoms with Gasteiger partial charge in [0.2, 0.25) is 5.91 Å². The maximum Gasteiger partial charge on any atom is 0.229 e. The quantitative estimate of drug-likeness (QED) is 0.810. The van der Waals surface area contributed by atoms with Gasteiger partial charge in [-0.3, -0.25) is 9.78 Å². The first kappa shape index (κ1) is 13.0. The van der Waals surface area contributed by atoms with E-state index in [1.165, 1.54) is 5.57 Å². The topological polar surface area (TPSA) is 33.2 Å². The van der Waals surface area contributed by atoms with Crippen molar-refractivity contribution in [3.8, 4) is 0 Å². The van der Waals surface area contributed by atoms with Gasteiger partial charge in [0.25, 0.3) is 0 Å². The summed E-state index contributed by atoms with van der Waals surface area (Å²) in [5.74, 6) is 0.227. The Balaban J connectivity index is 1.73. The number of carbonyl (C=O) groups excluding carboxylic acids is 1. The Hall–Kier alpha value is -2.68. The molecule has 0 N–H and O–H groups in total. The molecule has 4 rings (SSSR count). The summed E-state index contributed by atoms with van der Waals surface area (Å²) < 4.78 is 0. The number of carbonyl (C=O) groups is 1. The van der Waals surface area contributed by atoms with Gasteiger partial charge in [-0.15, -0.1) is 0 Å². The van der Waals surface area contributed by atoms with Crippen molar-refractivity contribution < 1.29 is 4.79 Å². The van der Waals surface area contributed by atoms with Crippen molar-refractivity contribution in [1.82, 2.24) is 9.88 Å². The van der Waals surface area contributed by atoms with Gasteiger partial charge in [-0.25, -0.2) is 0 Å². The number of allylic oxidation sites excluding steroid dienone is 1. The minimum absolute atomic E-state index is 0.227. The number of rotatable bonds is 3. The molecule has 1 aromatic carbocycles. The van der Waals surface area contributed by atoms with Gasteiger partial charge in [0.15, 0.2) is 0 Å². The molecule has 3 heterocycles. The summed E-state index contributed by atoms with van der Waals surface area (Å²) >= 11 is 0. The van der Waals surface area contributed by atoms with Crippen LogP contribution in [0.1, 0.15) is 24.1 Å². The van der Waals surface area contributed by atoms with Crippen molar-refractivity contribution in [3.05, 3.63) is 77.6 Å². The maximum absolute atomic E-state index is 12.0. The normalized spacial score (nSPS) is 20.5. The predicted octanol–water partition coefficient (Wildman–Crippen LogP) is 3.51. The van der Waals surface area contributed by atoms with E-state index >= 15 is 0 Å². The van der Waals surface area contributed by atoms with Gasteiger partial charge in [0.1, 0.15) is 0 Å². The lowest BCUT2D eigenvalue weighted by molar-refractivity contribution is -0.139. The van der Waals surface area contributed by atoms with E-state index in [9.17, 15) is 4.79 Å². The molecule has 3 heteroatoms. The molecular formula is C19H16N2O. The van der Waals surface area contributed by atoms with Gasteiger partial charge < -0.3 is 4.90 Å². The molecule has 2 aromatic rings. The lowest BCUT2D eigenvalue weighted by atomic mass is 10.0. The molecule has 108 valence electrons. The second kappa shape index (κ2) is 5.26. The van der Waals surface area contributed by atoms with Gasteiger partial charge in [-0.2, -0.15) is 0 Å². The molecule has 1 fully saturated rings. The van der Waals surface area contributed by atoms with Gasteiger partial charge in [0, 0.05) is 18.7 Å². The number of hydrogen-bond acceptors (Lipinski definition) is 2. The number of hydrogen-bond donors (Lipinski definition) is 0. The summed E-state index contributed by atoms with van der Waals surface area (Å²) in [4.78, 5) is 18.2. The highest BCUT2D eigenvalue weighted by Gasteiger charge is 2.44. The summed E-state index contributed by atoms with van der Waals surface area (Å²) in [6.07, 6.45) is 7.51. The molecule has 0 radical (unpaired) electrons. The molecule has 1 aromatic heterocycles. The second-order valence-corrected chi connectivity index (χ2v) is 5.65. The van der Waals surface area contributed by atoms with Crippen molar-refractivity contribution in [1.29, 1.82) is 0 Å². The molecule has 2 aliphatic rings. The van der Waals surface area contributed by atoms with Crippen LogP contribution < -0.4 is 0 Å². The summed E-state index contributed by atoms with van der Waals surface area (Å²) in [6.45, 7) is 0. The largest absolute Gasteiger partial charge is 0.308 e. The number of β-lactam (4-membered cyclic amide) rings is 1. The van der Waals surface area contributed by atoms with Crippen molar-refractivity contribution in [2.75, 3.05) is 0 Å². The molecule has 0 unspecified atom stereocenters. The second-order valence-electron chi connectivity index (χ2n) is 5.65. The fraction of sp³-hybridized carbons (Fsp3) is 0.158. The Morgan fingerprint density at radius 1 is 1.00 bits per heavy atom. The van der Waals surface area contributed by atoms with Crippen molar-refractivity contribution in [2.45, 2.75) is 18.9 Å². The number of aromatic nitrogens is 1. The van der Waals surface area contributed by atoms with Crippen molar-refractivity contribution >= 4 is 17.7 Å². The third kappa shape index (κ3) is 2.15. The first-order valence-corrected chi connectivity index (χ1v) is 7.52. The monoisotopic (exact) mass is 288 g/mol. The first-order valence-electron chi connectivity index (χ1n) is 7.52. The Morgan fingerprint density at radius 3 is 2.55 bits per heavy atom. The maximum atomic E-state index is 12.0. The van der Waals surface area contributed by atoms with Crippen LogP contribution in [0, 0.1) is 0 Å². The lowest BCUT2D eigenvalue weighted by Gasteiger charge is -2.36. The van der Waals surface area contributed by atoms with Crippen LogP contribution in [0.4, 0.5) is 0 Å². The van der Waals surface area contributed by atoms with Crippen LogP contribution in [-0.2, 0) is 4.79 Å². The van der Waals surface area contributed by atoms with E-state index < -0.39 is 0 Å². The molecule has 2 aliphatic heterocycles. The summed E-state index contributed by atoms with van der Waals surface area (Å²) in [5, 5.41) is 0. The van der Waals surface area contributed by atoms with E-state index in [0.29, 0.717) is 12.5 Å². The zero-order valence-electron chi connectivity index (χ0n) is 12.1. The number of nitrogens with zero attached hydrogens (tertiary/aromatic N) is 2. The summed E-state index contributed by atoms with van der Waals surface area (Å²) in [5.41, 5.74) is 4.32. The molecule has 1 saturated heterocycles. The van der Waals surface area contributed by atoms with Crippen molar-refractivity contribution in [3.63, 3.8) is 0 Å². The standard InChI is InChI=1S/C19H16N2O/c22-18-13-17-12-15(9-10-16-8-4-5-11-20-16)19(21(17)18)14-6-2-1-3-7-14/h1-11,17H,12-13H2/b10-9-/t17-/m1/s1. The smallest absolute Gasteiger partial charge is 0.229 e. The Morgan fingerprint density at radius 2 is 1.82 bits per heavy atom. The van der Waals surface area contributed by atoms with Crippen LogP contribution in [-0.4, -0.2) is 21.8 Å². The van der Waals surface area contributed by atoms with E-state index in [1.54, 1.807) is 6.20 Å². The van der Waals surface area contributed by atoms with Gasteiger partial charge in [-0.1, -0.05) is 42.5 Å². The summed E-state index contributed by atoms with van der Waals surface area (Å²) in [6, 6.07) is 16.4. The van der Waals surface area contributed by atoms with E-state index in [4.69, 9.17) is 0 Å². The fourth-order valence-corrected chi connectivity index (χ4v) is 3.19. The highest BCUT2D eigenvalue weighted by Crippen LogP contribution is 2.43. The highest BCUT2D eigenvalue weighted by atomic mass is 16.2. The van der Waals surface area contributed by atoms with Crippen LogP contribution in [0.25, 0.3) is 11.8 Å². The van der Waals surface area contributed by atoms with E-state index in [0.717, 1.165) is 23.4 Å². The van der Waals surface area contributed by atoms with Crippen LogP contribution in [0.15, 0.2) is 66.4 Å². The average molecular weight is 288 g/mol. The Bertz CT molecular complexity index is 763. The third-order valence-corrected chi connectivity index (χ3v) is 4.23. The fourth-order valence-electron chi connectivity index (χ4n) is 3.19. The Labute approximate surface area is 129 Å². The van der Waals surface area contributed by atoms with E-state index in [1.807, 2.05) is 47.4 Å². The molecule has 22 heavy (non-hydrogen) atoms. The van der Waals surface area contributed by atoms with Crippen LogP contribution in [0.3, 0.4) is 0 Å². The number of pyridine rings is 1. The number of benzene rings is 1. The van der Waals surface area contributed by atoms with Crippen LogP contribution >= 0.6 is 0 Å². The molecule has 0 bridgehead atoms. The lowest BCUT2D eigenvalue weighted by Crippen LogP contribution is -2.47. The van der Waals surface area contributed by atoms with Crippen LogP contribution in [0.2, 0.25) is 0 Å². The van der Waals surface area contributed by atoms with Crippen LogP contribution in [0.5, 0.6) is 0 Å². The van der Waals surface area contributed by atoms with E-state index in [-0.39, 0.29) is 5.91 Å². The van der Waals surface area contributed by atoms with E-state index in [2.05, 4.69) is 23.2 Å². The minimum atomic E-state index is 0.227. The van der Waals surface area contributed by atoms with Gasteiger partial charge in [-0.05, 0) is 35.8 Å². The van der Waals surface area contributed by atoms with Crippen molar-refractivity contribution in [2.24, 2.45) is 0 Å². The molecule has 1 amide bonds. The third-order valence-electron chi connectivity index (χ3n) is 4.23. The zero-order valence-corrected chi connectivity index (χ0v) is 12.1. The van der Waals surface area contributed by atoms with Gasteiger partial charge >= 0.3 is 0 Å². The Kier molecular flexibility index (Phi) is 3.11.